The smallest absolute Gasteiger partial charge is 0.341 e. The molecule has 4 aromatic heterocycles. The number of hydrogen-bond donors (Lipinski definition) is 3. The van der Waals surface area contributed by atoms with Crippen LogP contribution in [0.15, 0.2) is 159 Å². The molecule has 0 fully saturated rings. The second-order valence-corrected chi connectivity index (χ2v) is 14.5. The van der Waals surface area contributed by atoms with Gasteiger partial charge in [0.05, 0.1) is 52.5 Å². The molecule has 0 radical (unpaired) electrons. The van der Waals surface area contributed by atoms with Crippen LogP contribution in [-0.2, 0) is 24.2 Å². The molecule has 8 rings (SSSR count). The van der Waals surface area contributed by atoms with E-state index in [0.29, 0.717) is 48.0 Å². The molecule has 0 atom stereocenters. The molecule has 0 aliphatic heterocycles. The van der Waals surface area contributed by atoms with Crippen LogP contribution < -0.4 is 47.7 Å². The van der Waals surface area contributed by atoms with Gasteiger partial charge in [0, 0.05) is 80.7 Å². The molecule has 0 aliphatic rings. The number of rotatable bonds is 15. The third-order valence-electron chi connectivity index (χ3n) is 10.2. The van der Waals surface area contributed by atoms with E-state index < -0.39 is 5.97 Å². The lowest BCUT2D eigenvalue weighted by atomic mass is 10.0. The van der Waals surface area contributed by atoms with Crippen molar-refractivity contribution >= 4 is 23.4 Å². The van der Waals surface area contributed by atoms with Crippen LogP contribution in [-0.4, -0.2) is 77.3 Å². The number of quaternary nitrogens is 1. The number of nitrogens with zero attached hydrogens (tertiary/aromatic N) is 6. The van der Waals surface area contributed by atoms with Gasteiger partial charge in [-0.1, -0.05) is 30.3 Å². The lowest BCUT2D eigenvalue weighted by molar-refractivity contribution is -0.483. The second kappa shape index (κ2) is 26.7. The van der Waals surface area contributed by atoms with Crippen molar-refractivity contribution in [2.45, 2.75) is 19.5 Å². The molecule has 17 heteroatoms. The van der Waals surface area contributed by atoms with Gasteiger partial charge in [-0.3, -0.25) is 20.1 Å². The summed E-state index contributed by atoms with van der Waals surface area (Å²) >= 11 is 0. The van der Waals surface area contributed by atoms with Crippen LogP contribution >= 0.6 is 0 Å². The average Bonchev–Trinajstić information content (AvgIpc) is 3.40. The molecule has 16 nitrogen and oxygen atoms in total. The quantitative estimate of drug-likeness (QED) is 0.0965. The Bertz CT molecular complexity index is 2900. The van der Waals surface area contributed by atoms with E-state index >= 15 is 0 Å². The minimum Gasteiger partial charge on any atom is -1.00 e. The first-order valence-corrected chi connectivity index (χ1v) is 21.2. The van der Waals surface area contributed by atoms with Gasteiger partial charge in [-0.25, -0.2) is 19.7 Å². The molecule has 69 heavy (non-hydrogen) atoms. The van der Waals surface area contributed by atoms with E-state index in [2.05, 4.69) is 35.2 Å². The highest BCUT2D eigenvalue weighted by atomic mass is 35.5. The number of nitrogens with two attached hydrogens (primary N) is 2. The fraction of sp³-hybridized carbons (Fsp3) is 0.154. The molecular formula is C52H54ClN9O7. The number of aromatic nitrogens is 6. The first kappa shape index (κ1) is 51.7. The highest BCUT2D eigenvalue weighted by molar-refractivity contribution is 5.97. The van der Waals surface area contributed by atoms with Crippen LogP contribution in [0.2, 0.25) is 0 Å². The lowest BCUT2D eigenvalue weighted by Crippen LogP contribution is -3.00. The van der Waals surface area contributed by atoms with Crippen molar-refractivity contribution in [3.8, 4) is 45.5 Å². The minimum atomic E-state index is -0.459. The summed E-state index contributed by atoms with van der Waals surface area (Å²) in [5.41, 5.74) is 14.1. The largest absolute Gasteiger partial charge is 1.00 e. The number of nitrogens with one attached hydrogen (secondary N) is 1. The normalized spacial score (nSPS) is 10.1. The summed E-state index contributed by atoms with van der Waals surface area (Å²) in [6.45, 7) is 1.01. The van der Waals surface area contributed by atoms with Crippen molar-refractivity contribution in [1.29, 1.82) is 0 Å². The van der Waals surface area contributed by atoms with E-state index in [4.69, 9.17) is 29.4 Å². The van der Waals surface area contributed by atoms with E-state index in [1.807, 2.05) is 108 Å². The summed E-state index contributed by atoms with van der Waals surface area (Å²) in [6.07, 6.45) is 10.5. The van der Waals surface area contributed by atoms with Gasteiger partial charge in [0.15, 0.2) is 0 Å². The number of hydrogen-bond acceptors (Lipinski definition) is 14. The number of ether oxygens (including phenoxy) is 5. The van der Waals surface area contributed by atoms with Crippen LogP contribution in [0.5, 0.6) is 23.0 Å². The molecule has 0 aliphatic carbocycles. The Balaban J connectivity index is 0.000000259. The summed E-state index contributed by atoms with van der Waals surface area (Å²) in [4.78, 5) is 50.1. The molecular weight excluding hydrogens is 898 g/mol. The monoisotopic (exact) mass is 951 g/mol. The Morgan fingerprint density at radius 1 is 0.580 bits per heavy atom. The third-order valence-corrected chi connectivity index (χ3v) is 10.2. The molecule has 8 aromatic rings. The van der Waals surface area contributed by atoms with E-state index in [9.17, 15) is 9.59 Å². The van der Waals surface area contributed by atoms with Crippen molar-refractivity contribution in [1.82, 2.24) is 35.2 Å². The van der Waals surface area contributed by atoms with Crippen molar-refractivity contribution in [3.63, 3.8) is 0 Å². The minimum absolute atomic E-state index is 0. The maximum Gasteiger partial charge on any atom is 0.341 e. The van der Waals surface area contributed by atoms with Gasteiger partial charge in [-0.05, 0) is 89.5 Å². The molecule has 0 saturated carbocycles. The highest BCUT2D eigenvalue weighted by Crippen LogP contribution is 2.30. The van der Waals surface area contributed by atoms with Crippen molar-refractivity contribution in [2.75, 3.05) is 35.5 Å². The number of methoxy groups -OCH3 is 5. The van der Waals surface area contributed by atoms with Gasteiger partial charge in [-0.2, -0.15) is 4.98 Å². The van der Waals surface area contributed by atoms with E-state index in [-0.39, 0.29) is 19.7 Å². The standard InChI is InChI=1S/C26H24N4O3.C20H19N3O4.C6H8N2.ClH.H2/c1-32-24-6-4-3-5-21(24)23-15-20(29-17-30-23)13-19-7-8-25(33-2)22(14-19)26(31)28-16-18-9-11-27-12-10-18;1-25-17-7-5-4-6-14(17)16-11-19(22-12-21-16)23-13-8-9-18(26-2)15(10-13)20(24)27-3;7-5-6-1-3-8-4-2-6;;/h3-12,14-15,17H,13,16H2,1-2H3,(H,28,31);4-12H,1-3H3,(H,21,22,23);1-4H,5,7H2;2*1H. The van der Waals surface area contributed by atoms with Gasteiger partial charge in [-0.15, -0.1) is 0 Å². The van der Waals surface area contributed by atoms with E-state index in [0.717, 1.165) is 62.1 Å². The van der Waals surface area contributed by atoms with Gasteiger partial charge < -0.3 is 47.1 Å². The van der Waals surface area contributed by atoms with Gasteiger partial charge in [0.25, 0.3) is 5.91 Å². The summed E-state index contributed by atoms with van der Waals surface area (Å²) in [7, 11) is 7.66. The SMILES string of the molecule is COC(=O)c1cc([NH2+]c2cc(-c3ccccc3OC)ncn2)ccc1OC.COc1ccc(Cc2cc(-c3ccccc3OC)ncn2)cc1C(=O)NCc1ccncc1.NCc1ccncc1.[Cl-].[HH]. The Morgan fingerprint density at radius 3 is 1.71 bits per heavy atom. The molecule has 5 N–H and O–H groups in total. The van der Waals surface area contributed by atoms with Gasteiger partial charge in [0.1, 0.15) is 46.9 Å². The third kappa shape index (κ3) is 14.6. The molecule has 4 heterocycles. The number of esters is 1. The lowest BCUT2D eigenvalue weighted by Gasteiger charge is -2.12. The van der Waals surface area contributed by atoms with E-state index in [1.165, 1.54) is 20.5 Å². The molecule has 0 saturated heterocycles. The summed E-state index contributed by atoms with van der Waals surface area (Å²) in [5, 5.41) is 4.79. The number of benzene rings is 4. The fourth-order valence-electron chi connectivity index (χ4n) is 6.76. The van der Waals surface area contributed by atoms with Crippen molar-refractivity contribution in [2.24, 2.45) is 5.73 Å². The number of para-hydroxylation sites is 2. The first-order chi connectivity index (χ1) is 33.3. The number of halogens is 1. The number of pyridine rings is 2. The predicted molar refractivity (Wildman–Crippen MR) is 259 cm³/mol. The van der Waals surface area contributed by atoms with E-state index in [1.54, 1.807) is 70.6 Å². The molecule has 0 bridgehead atoms. The Kier molecular flexibility index (Phi) is 20.0. The Hall–Kier alpha value is -8.31. The Labute approximate surface area is 408 Å². The molecule has 1 amide bonds. The number of carbonyl (C=O) groups excluding carboxylic acids is 2. The number of carbonyl (C=O) groups is 2. The first-order valence-electron chi connectivity index (χ1n) is 21.2. The summed E-state index contributed by atoms with van der Waals surface area (Å²) < 4.78 is 26.3. The van der Waals surface area contributed by atoms with Crippen molar-refractivity contribution < 1.29 is 52.4 Å². The molecule has 0 spiro atoms. The maximum atomic E-state index is 12.9. The average molecular weight is 953 g/mol. The highest BCUT2D eigenvalue weighted by Gasteiger charge is 2.18. The van der Waals surface area contributed by atoms with Gasteiger partial charge >= 0.3 is 5.97 Å². The Morgan fingerprint density at radius 2 is 1.13 bits per heavy atom. The maximum absolute atomic E-state index is 12.9. The topological polar surface area (TPSA) is 212 Å². The second-order valence-electron chi connectivity index (χ2n) is 14.5. The zero-order valence-electron chi connectivity index (χ0n) is 38.7. The summed E-state index contributed by atoms with van der Waals surface area (Å²) in [5.74, 6) is 2.49. The molecule has 0 unspecified atom stereocenters. The van der Waals surface area contributed by atoms with Crippen LogP contribution in [0.1, 0.15) is 44.5 Å². The zero-order valence-corrected chi connectivity index (χ0v) is 39.5. The number of amides is 1. The molecule has 4 aromatic carbocycles. The van der Waals surface area contributed by atoms with Crippen LogP contribution in [0.3, 0.4) is 0 Å². The zero-order chi connectivity index (χ0) is 48.1. The van der Waals surface area contributed by atoms with Crippen LogP contribution in [0, 0.1) is 0 Å². The van der Waals surface area contributed by atoms with Crippen molar-refractivity contribution in [3.05, 3.63) is 192 Å². The van der Waals surface area contributed by atoms with Gasteiger partial charge in [0.2, 0.25) is 5.82 Å². The van der Waals surface area contributed by atoms with Crippen LogP contribution in [0.4, 0.5) is 11.5 Å². The summed E-state index contributed by atoms with van der Waals surface area (Å²) in [6, 6.07) is 37.6. The fourth-order valence-corrected chi connectivity index (χ4v) is 6.76. The van der Waals surface area contributed by atoms with Crippen LogP contribution in [0.25, 0.3) is 22.5 Å². The molecule has 356 valence electrons. The predicted octanol–water partition coefficient (Wildman–Crippen LogP) is 4.34.